The summed E-state index contributed by atoms with van der Waals surface area (Å²) in [5.41, 5.74) is 4.32. The first-order chi connectivity index (χ1) is 14.1. The largest absolute Gasteiger partial charge is 0.378 e. The van der Waals surface area contributed by atoms with Gasteiger partial charge >= 0.3 is 0 Å². The number of nitrogens with one attached hydrogen (secondary N) is 1. The van der Waals surface area contributed by atoms with Crippen LogP contribution in [0.15, 0.2) is 60.7 Å². The zero-order chi connectivity index (χ0) is 20.2. The number of carbonyl (C=O) groups is 1. The number of anilines is 2. The molecule has 0 radical (unpaired) electrons. The molecule has 4 nitrogen and oxygen atoms in total. The summed E-state index contributed by atoms with van der Waals surface area (Å²) in [5, 5.41) is 4.19. The lowest BCUT2D eigenvalue weighted by Gasteiger charge is -2.28. The van der Waals surface area contributed by atoms with Gasteiger partial charge in [-0.05, 0) is 35.2 Å². The molecule has 1 amide bonds. The van der Waals surface area contributed by atoms with Crippen LogP contribution >= 0.6 is 11.3 Å². The molecular formula is C24H26N2O2S. The van der Waals surface area contributed by atoms with E-state index in [1.165, 1.54) is 5.56 Å². The van der Waals surface area contributed by atoms with Crippen molar-refractivity contribution in [3.8, 4) is 11.1 Å². The van der Waals surface area contributed by atoms with Gasteiger partial charge in [0, 0.05) is 24.3 Å². The molecule has 3 aromatic rings. The molecule has 2 heterocycles. The van der Waals surface area contributed by atoms with E-state index in [4.69, 9.17) is 4.74 Å². The average molecular weight is 407 g/mol. The second kappa shape index (κ2) is 8.80. The highest BCUT2D eigenvalue weighted by Crippen LogP contribution is 2.39. The van der Waals surface area contributed by atoms with Gasteiger partial charge in [0.2, 0.25) is 0 Å². The number of rotatable bonds is 5. The molecule has 1 aliphatic heterocycles. The van der Waals surface area contributed by atoms with E-state index in [2.05, 4.69) is 48.3 Å². The molecule has 1 fully saturated rings. The van der Waals surface area contributed by atoms with Gasteiger partial charge < -0.3 is 15.0 Å². The number of morpholine rings is 1. The van der Waals surface area contributed by atoms with Crippen molar-refractivity contribution in [2.24, 2.45) is 0 Å². The predicted octanol–water partition coefficient (Wildman–Crippen LogP) is 5.63. The molecule has 0 unspecified atom stereocenters. The third-order valence-electron chi connectivity index (χ3n) is 5.15. The van der Waals surface area contributed by atoms with Gasteiger partial charge in [-0.3, -0.25) is 4.79 Å². The lowest BCUT2D eigenvalue weighted by Crippen LogP contribution is -2.35. The maximum atomic E-state index is 13.0. The molecule has 4 rings (SSSR count). The molecule has 0 bridgehead atoms. The van der Waals surface area contributed by atoms with Crippen LogP contribution in [-0.2, 0) is 4.74 Å². The number of benzene rings is 2. The molecule has 29 heavy (non-hydrogen) atoms. The third-order valence-corrected chi connectivity index (χ3v) is 6.35. The van der Waals surface area contributed by atoms with Gasteiger partial charge in [-0.2, -0.15) is 0 Å². The van der Waals surface area contributed by atoms with Crippen LogP contribution in [0.1, 0.15) is 35.0 Å². The number of hydrogen-bond acceptors (Lipinski definition) is 4. The Bertz CT molecular complexity index is 958. The van der Waals surface area contributed by atoms with Crippen molar-refractivity contribution >= 4 is 27.9 Å². The third kappa shape index (κ3) is 4.52. The van der Waals surface area contributed by atoms with Gasteiger partial charge in [0.1, 0.15) is 0 Å². The Kier molecular flexibility index (Phi) is 5.97. The van der Waals surface area contributed by atoms with Gasteiger partial charge in [0.05, 0.1) is 23.1 Å². The number of hydrogen-bond donors (Lipinski definition) is 1. The summed E-state index contributed by atoms with van der Waals surface area (Å²) in [4.78, 5) is 16.0. The zero-order valence-corrected chi connectivity index (χ0v) is 17.7. The van der Waals surface area contributed by atoms with Gasteiger partial charge in [0.25, 0.3) is 5.91 Å². The molecule has 0 atom stereocenters. The molecule has 150 valence electrons. The summed E-state index contributed by atoms with van der Waals surface area (Å²) in [7, 11) is 0. The van der Waals surface area contributed by atoms with E-state index in [1.54, 1.807) is 11.3 Å². The zero-order valence-electron chi connectivity index (χ0n) is 16.9. The highest BCUT2D eigenvalue weighted by atomic mass is 32.1. The van der Waals surface area contributed by atoms with Crippen molar-refractivity contribution in [3.05, 3.63) is 71.1 Å². The smallest absolute Gasteiger partial charge is 0.265 e. The summed E-state index contributed by atoms with van der Waals surface area (Å²) in [6.45, 7) is 7.46. The molecule has 1 aliphatic rings. The van der Waals surface area contributed by atoms with Crippen molar-refractivity contribution in [3.63, 3.8) is 0 Å². The van der Waals surface area contributed by atoms with E-state index in [-0.39, 0.29) is 5.91 Å². The Hall–Kier alpha value is -2.63. The minimum atomic E-state index is -0.0658. The van der Waals surface area contributed by atoms with Crippen molar-refractivity contribution in [1.82, 2.24) is 0 Å². The quantitative estimate of drug-likeness (QED) is 0.597. The van der Waals surface area contributed by atoms with E-state index in [1.807, 2.05) is 36.4 Å². The summed E-state index contributed by atoms with van der Waals surface area (Å²) >= 11 is 1.55. The Balaban J connectivity index is 1.61. The summed E-state index contributed by atoms with van der Waals surface area (Å²) in [6, 6.07) is 20.4. The predicted molar refractivity (Wildman–Crippen MR) is 121 cm³/mol. The monoisotopic (exact) mass is 406 g/mol. The second-order valence-electron chi connectivity index (χ2n) is 7.53. The number of ether oxygens (including phenoxy) is 1. The minimum Gasteiger partial charge on any atom is -0.378 e. The molecule has 1 aromatic heterocycles. The lowest BCUT2D eigenvalue weighted by molar-refractivity contribution is 0.103. The number of nitrogens with zero attached hydrogens (tertiary/aromatic N) is 1. The van der Waals surface area contributed by atoms with E-state index < -0.39 is 0 Å². The fourth-order valence-electron chi connectivity index (χ4n) is 3.46. The van der Waals surface area contributed by atoms with E-state index in [9.17, 15) is 4.79 Å². The Labute approximate surface area is 176 Å². The van der Waals surface area contributed by atoms with Crippen LogP contribution in [-0.4, -0.2) is 32.2 Å². The SMILES string of the molecule is CC(C)c1ccc(NC(=O)c2cc(-c3ccccc3)c(N3CCOCC3)s2)cc1. The maximum absolute atomic E-state index is 13.0. The van der Waals surface area contributed by atoms with Crippen LogP contribution in [0.2, 0.25) is 0 Å². The van der Waals surface area contributed by atoms with E-state index in [0.717, 1.165) is 53.0 Å². The maximum Gasteiger partial charge on any atom is 0.265 e. The fraction of sp³-hybridized carbons (Fsp3) is 0.292. The normalized spacial score (nSPS) is 14.2. The molecule has 1 N–H and O–H groups in total. The summed E-state index contributed by atoms with van der Waals surface area (Å²) in [6.07, 6.45) is 0. The number of thiophene rings is 1. The fourth-order valence-corrected chi connectivity index (χ4v) is 4.59. The lowest BCUT2D eigenvalue weighted by atomic mass is 10.0. The molecule has 0 aliphatic carbocycles. The second-order valence-corrected chi connectivity index (χ2v) is 8.56. The van der Waals surface area contributed by atoms with Gasteiger partial charge in [-0.25, -0.2) is 0 Å². The Morgan fingerprint density at radius 3 is 2.38 bits per heavy atom. The van der Waals surface area contributed by atoms with Crippen LogP contribution < -0.4 is 10.2 Å². The molecule has 2 aromatic carbocycles. The topological polar surface area (TPSA) is 41.6 Å². The van der Waals surface area contributed by atoms with Crippen molar-refractivity contribution in [1.29, 1.82) is 0 Å². The average Bonchev–Trinajstić information content (AvgIpc) is 3.21. The first kappa shape index (κ1) is 19.7. The van der Waals surface area contributed by atoms with Crippen LogP contribution in [0, 0.1) is 0 Å². The first-order valence-electron chi connectivity index (χ1n) is 10.0. The Morgan fingerprint density at radius 1 is 1.03 bits per heavy atom. The Morgan fingerprint density at radius 2 is 1.72 bits per heavy atom. The van der Waals surface area contributed by atoms with Crippen LogP contribution in [0.25, 0.3) is 11.1 Å². The minimum absolute atomic E-state index is 0.0658. The van der Waals surface area contributed by atoms with E-state index >= 15 is 0 Å². The van der Waals surface area contributed by atoms with Crippen molar-refractivity contribution < 1.29 is 9.53 Å². The van der Waals surface area contributed by atoms with Gasteiger partial charge in [0.15, 0.2) is 0 Å². The number of amides is 1. The molecular weight excluding hydrogens is 380 g/mol. The van der Waals surface area contributed by atoms with Crippen molar-refractivity contribution in [2.75, 3.05) is 36.5 Å². The van der Waals surface area contributed by atoms with Gasteiger partial charge in [-0.1, -0.05) is 56.3 Å². The van der Waals surface area contributed by atoms with Crippen LogP contribution in [0.3, 0.4) is 0 Å². The van der Waals surface area contributed by atoms with Crippen LogP contribution in [0.5, 0.6) is 0 Å². The van der Waals surface area contributed by atoms with E-state index in [0.29, 0.717) is 5.92 Å². The first-order valence-corrected chi connectivity index (χ1v) is 10.9. The molecule has 5 heteroatoms. The number of carbonyl (C=O) groups excluding carboxylic acids is 1. The summed E-state index contributed by atoms with van der Waals surface area (Å²) < 4.78 is 5.51. The standard InChI is InChI=1S/C24H26N2O2S/c1-17(2)18-8-10-20(11-9-18)25-23(27)22-16-21(19-6-4-3-5-7-19)24(29-22)26-12-14-28-15-13-26/h3-11,16-17H,12-15H2,1-2H3,(H,25,27). The molecule has 0 spiro atoms. The highest BCUT2D eigenvalue weighted by molar-refractivity contribution is 7.18. The van der Waals surface area contributed by atoms with Gasteiger partial charge in [-0.15, -0.1) is 11.3 Å². The van der Waals surface area contributed by atoms with Crippen molar-refractivity contribution in [2.45, 2.75) is 19.8 Å². The van der Waals surface area contributed by atoms with Crippen LogP contribution in [0.4, 0.5) is 10.7 Å². The molecule has 0 saturated carbocycles. The summed E-state index contributed by atoms with van der Waals surface area (Å²) in [5.74, 6) is 0.408. The highest BCUT2D eigenvalue weighted by Gasteiger charge is 2.22. The molecule has 1 saturated heterocycles.